The van der Waals surface area contributed by atoms with E-state index in [1.807, 2.05) is 0 Å². The van der Waals surface area contributed by atoms with Crippen molar-refractivity contribution in [1.29, 1.82) is 0 Å². The number of non-ortho nitro benzene ring substituents is 1. The second-order valence-electron chi connectivity index (χ2n) is 4.33. The number of halogens is 3. The molecule has 0 atom stereocenters. The monoisotopic (exact) mass is 313 g/mol. The van der Waals surface area contributed by atoms with Gasteiger partial charge in [0, 0.05) is 17.7 Å². The Hall–Kier alpha value is -2.61. The highest BCUT2D eigenvalue weighted by Crippen LogP contribution is 2.33. The largest absolute Gasteiger partial charge is 0.457 e. The molecule has 2 aromatic carbocycles. The van der Waals surface area contributed by atoms with E-state index in [1.165, 1.54) is 12.1 Å². The van der Waals surface area contributed by atoms with Crippen LogP contribution in [0.1, 0.15) is 11.1 Å². The molecule has 0 aliphatic rings. The number of hydrogen-bond acceptors (Lipinski definition) is 4. The predicted octanol–water partition coefficient (Wildman–Crippen LogP) is 3.90. The standard InChI is InChI=1S/C14H10F3NO4/c15-14(16,17)10-1-4-12(5-2-10)22-13-6-3-11(18(20)21)7-9(13)8-19/h1-7,19H,8H2. The number of benzene rings is 2. The molecule has 0 unspecified atom stereocenters. The van der Waals surface area contributed by atoms with Crippen molar-refractivity contribution in [2.24, 2.45) is 0 Å². The van der Waals surface area contributed by atoms with E-state index in [4.69, 9.17) is 4.74 Å². The number of rotatable bonds is 4. The molecule has 0 fully saturated rings. The van der Waals surface area contributed by atoms with Crippen molar-refractivity contribution in [3.63, 3.8) is 0 Å². The maximum absolute atomic E-state index is 12.4. The van der Waals surface area contributed by atoms with Gasteiger partial charge in [-0.3, -0.25) is 10.1 Å². The summed E-state index contributed by atoms with van der Waals surface area (Å²) >= 11 is 0. The van der Waals surface area contributed by atoms with Gasteiger partial charge < -0.3 is 9.84 Å². The van der Waals surface area contributed by atoms with Gasteiger partial charge >= 0.3 is 6.18 Å². The lowest BCUT2D eigenvalue weighted by Crippen LogP contribution is -2.04. The Balaban J connectivity index is 2.25. The fourth-order valence-electron chi connectivity index (χ4n) is 1.74. The number of nitrogens with zero attached hydrogens (tertiary/aromatic N) is 1. The first kappa shape index (κ1) is 15.8. The van der Waals surface area contributed by atoms with Crippen LogP contribution in [0.3, 0.4) is 0 Å². The first-order valence-electron chi connectivity index (χ1n) is 6.04. The van der Waals surface area contributed by atoms with E-state index in [2.05, 4.69) is 0 Å². The Bertz CT molecular complexity index is 683. The number of aliphatic hydroxyl groups is 1. The minimum Gasteiger partial charge on any atom is -0.457 e. The van der Waals surface area contributed by atoms with Crippen LogP contribution < -0.4 is 4.74 Å². The molecule has 5 nitrogen and oxygen atoms in total. The van der Waals surface area contributed by atoms with Crippen molar-refractivity contribution >= 4 is 5.69 Å². The van der Waals surface area contributed by atoms with Gasteiger partial charge in [-0.05, 0) is 30.3 Å². The molecule has 116 valence electrons. The highest BCUT2D eigenvalue weighted by Gasteiger charge is 2.30. The summed E-state index contributed by atoms with van der Waals surface area (Å²) < 4.78 is 42.7. The summed E-state index contributed by atoms with van der Waals surface area (Å²) in [6.07, 6.45) is -4.44. The smallest absolute Gasteiger partial charge is 0.416 e. The second kappa shape index (κ2) is 6.02. The van der Waals surface area contributed by atoms with Crippen LogP contribution in [0.15, 0.2) is 42.5 Å². The molecule has 0 saturated heterocycles. The number of nitro groups is 1. The molecule has 8 heteroatoms. The van der Waals surface area contributed by atoms with Gasteiger partial charge in [0.05, 0.1) is 17.1 Å². The predicted molar refractivity (Wildman–Crippen MR) is 70.5 cm³/mol. The SMILES string of the molecule is O=[N+]([O-])c1ccc(Oc2ccc(C(F)(F)F)cc2)c(CO)c1. The highest BCUT2D eigenvalue weighted by molar-refractivity contribution is 5.45. The van der Waals surface area contributed by atoms with Crippen molar-refractivity contribution in [2.75, 3.05) is 0 Å². The minimum absolute atomic E-state index is 0.122. The third kappa shape index (κ3) is 3.53. The maximum Gasteiger partial charge on any atom is 0.416 e. The van der Waals surface area contributed by atoms with Crippen LogP contribution >= 0.6 is 0 Å². The molecule has 0 saturated carbocycles. The van der Waals surface area contributed by atoms with Crippen LogP contribution in [0.25, 0.3) is 0 Å². The average Bonchev–Trinajstić information content (AvgIpc) is 2.47. The van der Waals surface area contributed by atoms with Gasteiger partial charge in [-0.2, -0.15) is 13.2 Å². The van der Waals surface area contributed by atoms with Crippen molar-refractivity contribution in [1.82, 2.24) is 0 Å². The summed E-state index contributed by atoms with van der Waals surface area (Å²) in [6, 6.07) is 7.58. The topological polar surface area (TPSA) is 72.6 Å². The van der Waals surface area contributed by atoms with Crippen LogP contribution in [-0.4, -0.2) is 10.0 Å². The molecular weight excluding hydrogens is 303 g/mol. The zero-order chi connectivity index (χ0) is 16.3. The van der Waals surface area contributed by atoms with E-state index in [9.17, 15) is 28.4 Å². The van der Waals surface area contributed by atoms with E-state index in [-0.39, 0.29) is 22.7 Å². The lowest BCUT2D eigenvalue weighted by molar-refractivity contribution is -0.385. The molecule has 1 N–H and O–H groups in total. The lowest BCUT2D eigenvalue weighted by Gasteiger charge is -2.11. The molecule has 0 aliphatic heterocycles. The van der Waals surface area contributed by atoms with Gasteiger partial charge in [-0.15, -0.1) is 0 Å². The Kier molecular flexibility index (Phi) is 4.32. The van der Waals surface area contributed by atoms with Gasteiger partial charge in [-0.25, -0.2) is 0 Å². The van der Waals surface area contributed by atoms with E-state index in [0.29, 0.717) is 0 Å². The number of nitro benzene ring substituents is 1. The van der Waals surface area contributed by atoms with Gasteiger partial charge in [0.2, 0.25) is 0 Å². The lowest BCUT2D eigenvalue weighted by atomic mass is 10.2. The van der Waals surface area contributed by atoms with Gasteiger partial charge in [0.1, 0.15) is 11.5 Å². The number of alkyl halides is 3. The Morgan fingerprint density at radius 1 is 1.14 bits per heavy atom. The molecule has 2 aromatic rings. The molecule has 2 rings (SSSR count). The number of hydrogen-bond donors (Lipinski definition) is 1. The van der Waals surface area contributed by atoms with Crippen molar-refractivity contribution in [3.8, 4) is 11.5 Å². The quantitative estimate of drug-likeness (QED) is 0.686. The van der Waals surface area contributed by atoms with E-state index in [1.54, 1.807) is 0 Å². The fourth-order valence-corrected chi connectivity index (χ4v) is 1.74. The molecule has 0 bridgehead atoms. The molecule has 0 radical (unpaired) electrons. The summed E-state index contributed by atoms with van der Waals surface area (Å²) in [4.78, 5) is 10.0. The number of ether oxygens (including phenoxy) is 1. The number of aliphatic hydroxyl groups excluding tert-OH is 1. The Morgan fingerprint density at radius 3 is 2.27 bits per heavy atom. The Labute approximate surface area is 122 Å². The molecule has 0 spiro atoms. The summed E-state index contributed by atoms with van der Waals surface area (Å²) in [5.74, 6) is 0.254. The zero-order valence-electron chi connectivity index (χ0n) is 11.0. The van der Waals surface area contributed by atoms with Crippen molar-refractivity contribution < 1.29 is 27.9 Å². The maximum atomic E-state index is 12.4. The molecule has 0 amide bonds. The molecule has 22 heavy (non-hydrogen) atoms. The molecular formula is C14H10F3NO4. The van der Waals surface area contributed by atoms with Gasteiger partial charge in [-0.1, -0.05) is 0 Å². The van der Waals surface area contributed by atoms with Crippen molar-refractivity contribution in [3.05, 3.63) is 63.7 Å². The zero-order valence-corrected chi connectivity index (χ0v) is 11.0. The van der Waals surface area contributed by atoms with E-state index >= 15 is 0 Å². The summed E-state index contributed by atoms with van der Waals surface area (Å²) in [6.45, 7) is -0.502. The summed E-state index contributed by atoms with van der Waals surface area (Å²) in [5.41, 5.74) is -0.871. The first-order valence-corrected chi connectivity index (χ1v) is 6.04. The van der Waals surface area contributed by atoms with Crippen LogP contribution in [-0.2, 0) is 12.8 Å². The first-order chi connectivity index (χ1) is 10.3. The van der Waals surface area contributed by atoms with E-state index < -0.39 is 23.3 Å². The van der Waals surface area contributed by atoms with Crippen molar-refractivity contribution in [2.45, 2.75) is 12.8 Å². The third-order valence-electron chi connectivity index (χ3n) is 2.83. The van der Waals surface area contributed by atoms with Crippen LogP contribution in [0.4, 0.5) is 18.9 Å². The summed E-state index contributed by atoms with van der Waals surface area (Å²) in [5, 5.41) is 19.8. The van der Waals surface area contributed by atoms with Crippen LogP contribution in [0.2, 0.25) is 0 Å². The molecule has 0 aromatic heterocycles. The van der Waals surface area contributed by atoms with Gasteiger partial charge in [0.25, 0.3) is 5.69 Å². The average molecular weight is 313 g/mol. The fraction of sp³-hybridized carbons (Fsp3) is 0.143. The van der Waals surface area contributed by atoms with Crippen LogP contribution in [0.5, 0.6) is 11.5 Å². The highest BCUT2D eigenvalue weighted by atomic mass is 19.4. The van der Waals surface area contributed by atoms with Crippen LogP contribution in [0, 0.1) is 10.1 Å². The summed E-state index contributed by atoms with van der Waals surface area (Å²) in [7, 11) is 0. The Morgan fingerprint density at radius 2 is 1.77 bits per heavy atom. The minimum atomic E-state index is -4.44. The third-order valence-corrected chi connectivity index (χ3v) is 2.83. The molecule has 0 aliphatic carbocycles. The second-order valence-corrected chi connectivity index (χ2v) is 4.33. The normalized spacial score (nSPS) is 11.3. The van der Waals surface area contributed by atoms with Gasteiger partial charge in [0.15, 0.2) is 0 Å². The van der Waals surface area contributed by atoms with E-state index in [0.717, 1.165) is 30.3 Å². The molecule has 0 heterocycles.